The number of hydrogen-bond donors (Lipinski definition) is 2. The molecule has 1 fully saturated rings. The standard InChI is InChI=1S/C25H31BrN4O3S/c1-5-33-21-11-6-17(16-20(21)26)22(31)28-24(34)27-18-7-9-19(10-8-18)29-12-14-30(15-13-29)23(32)25(2,3)4/h6-11,16H,5,12-15H2,1-4H3,(H2,27,28,31,34). The first kappa shape index (κ1) is 26.0. The molecular weight excluding hydrogens is 516 g/mol. The second-order valence-electron chi connectivity index (χ2n) is 9.06. The van der Waals surface area contributed by atoms with Crippen LogP contribution in [0.5, 0.6) is 5.75 Å². The van der Waals surface area contributed by atoms with Crippen molar-refractivity contribution in [2.45, 2.75) is 27.7 Å². The summed E-state index contributed by atoms with van der Waals surface area (Å²) in [5, 5.41) is 5.97. The molecular formula is C25H31BrN4O3S. The Balaban J connectivity index is 1.52. The smallest absolute Gasteiger partial charge is 0.257 e. The Hall–Kier alpha value is -2.65. The van der Waals surface area contributed by atoms with E-state index >= 15 is 0 Å². The zero-order valence-corrected chi connectivity index (χ0v) is 22.4. The van der Waals surface area contributed by atoms with Crippen LogP contribution in [-0.2, 0) is 4.79 Å². The van der Waals surface area contributed by atoms with Crippen LogP contribution in [0.3, 0.4) is 0 Å². The maximum absolute atomic E-state index is 12.5. The van der Waals surface area contributed by atoms with Crippen molar-refractivity contribution in [3.63, 3.8) is 0 Å². The number of nitrogens with zero attached hydrogens (tertiary/aromatic N) is 2. The number of piperazine rings is 1. The van der Waals surface area contributed by atoms with Gasteiger partial charge in [-0.3, -0.25) is 14.9 Å². The summed E-state index contributed by atoms with van der Waals surface area (Å²) in [4.78, 5) is 29.2. The topological polar surface area (TPSA) is 73.9 Å². The molecule has 9 heteroatoms. The number of anilines is 2. The highest BCUT2D eigenvalue weighted by Gasteiger charge is 2.29. The Labute approximate surface area is 215 Å². The lowest BCUT2D eigenvalue weighted by Crippen LogP contribution is -2.51. The summed E-state index contributed by atoms with van der Waals surface area (Å²) in [6, 6.07) is 13.0. The highest BCUT2D eigenvalue weighted by atomic mass is 79.9. The van der Waals surface area contributed by atoms with E-state index in [-0.39, 0.29) is 22.3 Å². The number of ether oxygens (including phenoxy) is 1. The monoisotopic (exact) mass is 546 g/mol. The van der Waals surface area contributed by atoms with E-state index in [1.807, 2.05) is 56.9 Å². The molecule has 0 bridgehead atoms. The van der Waals surface area contributed by atoms with Gasteiger partial charge in [0, 0.05) is 48.5 Å². The Kier molecular flexibility index (Phi) is 8.54. The number of hydrogen-bond acceptors (Lipinski definition) is 5. The minimum atomic E-state index is -0.354. The van der Waals surface area contributed by atoms with Crippen molar-refractivity contribution in [1.29, 1.82) is 0 Å². The Morgan fingerprint density at radius 2 is 1.71 bits per heavy atom. The van der Waals surface area contributed by atoms with Gasteiger partial charge in [-0.25, -0.2) is 0 Å². The van der Waals surface area contributed by atoms with Crippen LogP contribution in [0, 0.1) is 5.41 Å². The molecule has 0 unspecified atom stereocenters. The van der Waals surface area contributed by atoms with Crippen LogP contribution in [0.25, 0.3) is 0 Å². The number of benzene rings is 2. The summed E-state index contributed by atoms with van der Waals surface area (Å²) in [6.45, 7) is 11.3. The van der Waals surface area contributed by atoms with E-state index in [1.165, 1.54) is 0 Å². The van der Waals surface area contributed by atoms with E-state index in [0.29, 0.717) is 35.5 Å². The average Bonchev–Trinajstić information content (AvgIpc) is 2.80. The minimum absolute atomic E-state index is 0.194. The van der Waals surface area contributed by atoms with Crippen molar-refractivity contribution in [3.8, 4) is 5.75 Å². The van der Waals surface area contributed by atoms with Gasteiger partial charge in [0.25, 0.3) is 5.91 Å². The molecule has 1 heterocycles. The second-order valence-corrected chi connectivity index (χ2v) is 10.3. The van der Waals surface area contributed by atoms with Gasteiger partial charge < -0.3 is 19.9 Å². The van der Waals surface area contributed by atoms with Gasteiger partial charge >= 0.3 is 0 Å². The third-order valence-corrected chi connectivity index (χ3v) is 6.24. The zero-order chi connectivity index (χ0) is 24.9. The van der Waals surface area contributed by atoms with Crippen molar-refractivity contribution < 1.29 is 14.3 Å². The maximum Gasteiger partial charge on any atom is 0.257 e. The van der Waals surface area contributed by atoms with Crippen molar-refractivity contribution >= 4 is 56.4 Å². The Morgan fingerprint density at radius 3 is 2.26 bits per heavy atom. The summed E-state index contributed by atoms with van der Waals surface area (Å²) in [7, 11) is 0. The summed E-state index contributed by atoms with van der Waals surface area (Å²) >= 11 is 8.73. The third-order valence-electron chi connectivity index (χ3n) is 5.42. The molecule has 2 N–H and O–H groups in total. The first-order valence-electron chi connectivity index (χ1n) is 11.3. The van der Waals surface area contributed by atoms with Gasteiger partial charge in [0.15, 0.2) is 5.11 Å². The number of thiocarbonyl (C=S) groups is 1. The van der Waals surface area contributed by atoms with Gasteiger partial charge in [-0.05, 0) is 77.5 Å². The molecule has 3 rings (SSSR count). The first-order chi connectivity index (χ1) is 16.1. The average molecular weight is 548 g/mol. The Morgan fingerprint density at radius 1 is 1.06 bits per heavy atom. The van der Waals surface area contributed by atoms with E-state index in [2.05, 4.69) is 31.5 Å². The summed E-state index contributed by atoms with van der Waals surface area (Å²) < 4.78 is 6.18. The van der Waals surface area contributed by atoms with Crippen molar-refractivity contribution in [2.75, 3.05) is 43.0 Å². The normalized spacial score (nSPS) is 13.9. The van der Waals surface area contributed by atoms with Crippen LogP contribution in [0.1, 0.15) is 38.1 Å². The fourth-order valence-electron chi connectivity index (χ4n) is 3.65. The lowest BCUT2D eigenvalue weighted by molar-refractivity contribution is -0.139. The lowest BCUT2D eigenvalue weighted by atomic mass is 9.94. The highest BCUT2D eigenvalue weighted by molar-refractivity contribution is 9.10. The molecule has 0 spiro atoms. The molecule has 7 nitrogen and oxygen atoms in total. The molecule has 1 aliphatic rings. The van der Waals surface area contributed by atoms with E-state index in [4.69, 9.17) is 17.0 Å². The van der Waals surface area contributed by atoms with Gasteiger partial charge in [-0.1, -0.05) is 20.8 Å². The number of carbonyl (C=O) groups excluding carboxylic acids is 2. The third kappa shape index (κ3) is 6.70. The zero-order valence-electron chi connectivity index (χ0n) is 20.0. The summed E-state index contributed by atoms with van der Waals surface area (Å²) in [6.07, 6.45) is 0. The van der Waals surface area contributed by atoms with E-state index < -0.39 is 0 Å². The molecule has 1 saturated heterocycles. The highest BCUT2D eigenvalue weighted by Crippen LogP contribution is 2.26. The molecule has 0 aromatic heterocycles. The minimum Gasteiger partial charge on any atom is -0.493 e. The number of amides is 2. The van der Waals surface area contributed by atoms with E-state index in [9.17, 15) is 9.59 Å². The van der Waals surface area contributed by atoms with Crippen molar-refractivity contribution in [1.82, 2.24) is 10.2 Å². The van der Waals surface area contributed by atoms with Crippen LogP contribution in [0.4, 0.5) is 11.4 Å². The lowest BCUT2D eigenvalue weighted by Gasteiger charge is -2.38. The predicted octanol–water partition coefficient (Wildman–Crippen LogP) is 4.67. The van der Waals surface area contributed by atoms with Crippen LogP contribution in [0.2, 0.25) is 0 Å². The van der Waals surface area contributed by atoms with E-state index in [0.717, 1.165) is 24.5 Å². The van der Waals surface area contributed by atoms with Gasteiger partial charge in [0.1, 0.15) is 5.75 Å². The molecule has 0 aliphatic carbocycles. The van der Waals surface area contributed by atoms with Gasteiger partial charge in [-0.15, -0.1) is 0 Å². The maximum atomic E-state index is 12.5. The number of carbonyl (C=O) groups is 2. The Bertz CT molecular complexity index is 1050. The predicted molar refractivity (Wildman–Crippen MR) is 144 cm³/mol. The summed E-state index contributed by atoms with van der Waals surface area (Å²) in [5.74, 6) is 0.572. The fourth-order valence-corrected chi connectivity index (χ4v) is 4.35. The first-order valence-corrected chi connectivity index (χ1v) is 12.5. The van der Waals surface area contributed by atoms with Crippen molar-refractivity contribution in [2.24, 2.45) is 5.41 Å². The van der Waals surface area contributed by atoms with E-state index in [1.54, 1.807) is 18.2 Å². The fraction of sp³-hybridized carbons (Fsp3) is 0.400. The SMILES string of the molecule is CCOc1ccc(C(=O)NC(=S)Nc2ccc(N3CCN(C(=O)C(C)(C)C)CC3)cc2)cc1Br. The van der Waals surface area contributed by atoms with Crippen LogP contribution < -0.4 is 20.3 Å². The molecule has 1 aliphatic heterocycles. The van der Waals surface area contributed by atoms with Crippen LogP contribution >= 0.6 is 28.1 Å². The quantitative estimate of drug-likeness (QED) is 0.531. The molecule has 0 atom stereocenters. The molecule has 182 valence electrons. The largest absolute Gasteiger partial charge is 0.493 e. The van der Waals surface area contributed by atoms with Gasteiger partial charge in [0.05, 0.1) is 11.1 Å². The van der Waals surface area contributed by atoms with Gasteiger partial charge in [0.2, 0.25) is 5.91 Å². The van der Waals surface area contributed by atoms with Crippen LogP contribution in [-0.4, -0.2) is 54.6 Å². The molecule has 2 aromatic carbocycles. The number of nitrogens with one attached hydrogen (secondary N) is 2. The van der Waals surface area contributed by atoms with Gasteiger partial charge in [-0.2, -0.15) is 0 Å². The molecule has 0 radical (unpaired) electrons. The molecule has 2 amide bonds. The van der Waals surface area contributed by atoms with Crippen molar-refractivity contribution in [3.05, 3.63) is 52.5 Å². The molecule has 0 saturated carbocycles. The number of halogens is 1. The number of rotatable bonds is 5. The second kappa shape index (κ2) is 11.2. The molecule has 34 heavy (non-hydrogen) atoms. The summed E-state index contributed by atoms with van der Waals surface area (Å²) in [5.41, 5.74) is 1.98. The molecule has 2 aromatic rings. The van der Waals surface area contributed by atoms with Crippen LogP contribution in [0.15, 0.2) is 46.9 Å².